The van der Waals surface area contributed by atoms with E-state index in [0.29, 0.717) is 23.6 Å². The highest BCUT2D eigenvalue weighted by atomic mass is 35.5. The van der Waals surface area contributed by atoms with Crippen LogP contribution in [-0.4, -0.2) is 42.9 Å². The van der Waals surface area contributed by atoms with Crippen LogP contribution in [-0.2, 0) is 6.54 Å². The summed E-state index contributed by atoms with van der Waals surface area (Å²) in [5, 5.41) is 3.38. The van der Waals surface area contributed by atoms with E-state index in [0.717, 1.165) is 25.2 Å². The molecule has 6 nitrogen and oxygen atoms in total. The lowest BCUT2D eigenvalue weighted by Crippen LogP contribution is -2.45. The minimum absolute atomic E-state index is 0. The van der Waals surface area contributed by atoms with Crippen LogP contribution < -0.4 is 19.5 Å². The Bertz CT molecular complexity index is 767. The highest BCUT2D eigenvalue weighted by molar-refractivity contribution is 5.85. The van der Waals surface area contributed by atoms with Crippen LogP contribution in [0.2, 0.25) is 0 Å². The number of halogens is 3. The molecule has 0 bridgehead atoms. The lowest BCUT2D eigenvalue weighted by molar-refractivity contribution is -0.0510. The number of nitrogens with one attached hydrogen (secondary N) is 1. The molecule has 0 amide bonds. The first-order chi connectivity index (χ1) is 12.7. The third-order valence-corrected chi connectivity index (χ3v) is 4.59. The molecule has 1 aromatic carbocycles. The first-order valence-electron chi connectivity index (χ1n) is 8.43. The molecule has 1 N–H and O–H groups in total. The summed E-state index contributed by atoms with van der Waals surface area (Å²) in [6.45, 7) is 0.0491. The van der Waals surface area contributed by atoms with Crippen molar-refractivity contribution in [3.63, 3.8) is 0 Å². The van der Waals surface area contributed by atoms with E-state index in [1.165, 1.54) is 6.07 Å². The molecule has 2 aliphatic rings. The van der Waals surface area contributed by atoms with Gasteiger partial charge in [-0.15, -0.1) is 12.4 Å². The maximum absolute atomic E-state index is 12.8. The molecule has 1 aromatic heterocycles. The number of ether oxygens (including phenoxy) is 3. The van der Waals surface area contributed by atoms with Crippen molar-refractivity contribution >= 4 is 12.4 Å². The molecule has 3 heterocycles. The Morgan fingerprint density at radius 3 is 2.70 bits per heavy atom. The molecule has 1 saturated heterocycles. The van der Waals surface area contributed by atoms with Crippen molar-refractivity contribution in [3.05, 3.63) is 47.8 Å². The van der Waals surface area contributed by atoms with Gasteiger partial charge in [-0.05, 0) is 23.8 Å². The molecule has 27 heavy (non-hydrogen) atoms. The molecule has 2 aromatic rings. The van der Waals surface area contributed by atoms with E-state index in [9.17, 15) is 8.78 Å². The van der Waals surface area contributed by atoms with Gasteiger partial charge >= 0.3 is 6.61 Å². The fraction of sp³-hybridized carbons (Fsp3) is 0.389. The third-order valence-electron chi connectivity index (χ3n) is 4.59. The average Bonchev–Trinajstić information content (AvgIpc) is 3.10. The topological polar surface area (TPSA) is 55.9 Å². The van der Waals surface area contributed by atoms with Crippen molar-refractivity contribution in [1.29, 1.82) is 0 Å². The molecule has 0 aliphatic carbocycles. The largest absolute Gasteiger partial charge is 0.454 e. The number of hydrogen-bond acceptors (Lipinski definition) is 6. The molecule has 1 fully saturated rings. The number of alkyl halides is 2. The predicted molar refractivity (Wildman–Crippen MR) is 96.7 cm³/mol. The van der Waals surface area contributed by atoms with Crippen LogP contribution in [0.4, 0.5) is 8.78 Å². The fourth-order valence-corrected chi connectivity index (χ4v) is 3.36. The second kappa shape index (κ2) is 8.69. The maximum Gasteiger partial charge on any atom is 0.387 e. The van der Waals surface area contributed by atoms with Crippen molar-refractivity contribution in [2.24, 2.45) is 0 Å². The molecule has 9 heteroatoms. The van der Waals surface area contributed by atoms with Gasteiger partial charge in [0.25, 0.3) is 0 Å². The molecule has 0 spiro atoms. The zero-order valence-electron chi connectivity index (χ0n) is 14.4. The standard InChI is InChI=1S/C18H19F2N3O3.ClH/c19-18(20)26-15-8-17-16(24-11-25-17)7-13(15)10-23-6-5-22-9-14(23)12-1-3-21-4-2-12;/h1-4,7-8,14,18,22H,5-6,9-11H2;1H. The molecule has 2 aliphatic heterocycles. The summed E-state index contributed by atoms with van der Waals surface area (Å²) in [4.78, 5) is 6.30. The molecule has 1 atom stereocenters. The van der Waals surface area contributed by atoms with Crippen molar-refractivity contribution < 1.29 is 23.0 Å². The van der Waals surface area contributed by atoms with Gasteiger partial charge in [0.15, 0.2) is 11.5 Å². The normalized spacial score (nSPS) is 19.0. The number of aromatic nitrogens is 1. The molecule has 4 rings (SSSR count). The second-order valence-electron chi connectivity index (χ2n) is 6.16. The number of piperazine rings is 1. The molecule has 146 valence electrons. The molecule has 1 unspecified atom stereocenters. The Morgan fingerprint density at radius 2 is 1.96 bits per heavy atom. The van der Waals surface area contributed by atoms with Crippen molar-refractivity contribution in [2.75, 3.05) is 26.4 Å². The zero-order valence-corrected chi connectivity index (χ0v) is 15.3. The minimum Gasteiger partial charge on any atom is -0.454 e. The van der Waals surface area contributed by atoms with Crippen LogP contribution in [0.1, 0.15) is 17.2 Å². The summed E-state index contributed by atoms with van der Waals surface area (Å²) in [6.07, 6.45) is 3.52. The Labute approximate surface area is 161 Å². The number of rotatable bonds is 5. The summed E-state index contributed by atoms with van der Waals surface area (Å²) < 4.78 is 41.1. The summed E-state index contributed by atoms with van der Waals surface area (Å²) in [7, 11) is 0. The van der Waals surface area contributed by atoms with E-state index < -0.39 is 6.61 Å². The summed E-state index contributed by atoms with van der Waals surface area (Å²) >= 11 is 0. The number of fused-ring (bicyclic) bond motifs is 1. The zero-order chi connectivity index (χ0) is 17.9. The van der Waals surface area contributed by atoms with E-state index in [-0.39, 0.29) is 31.0 Å². The van der Waals surface area contributed by atoms with Gasteiger partial charge in [-0.2, -0.15) is 8.78 Å². The fourth-order valence-electron chi connectivity index (χ4n) is 3.36. The highest BCUT2D eigenvalue weighted by Gasteiger charge is 2.27. The lowest BCUT2D eigenvalue weighted by Gasteiger charge is -2.36. The Kier molecular flexibility index (Phi) is 6.30. The quantitative estimate of drug-likeness (QED) is 0.834. The molecular weight excluding hydrogens is 380 g/mol. The van der Waals surface area contributed by atoms with Gasteiger partial charge < -0.3 is 19.5 Å². The molecule has 0 saturated carbocycles. The Hall–Kier alpha value is -2.16. The maximum atomic E-state index is 12.8. The SMILES string of the molecule is Cl.FC(F)Oc1cc2c(cc1CN1CCNCC1c1ccncc1)OCO2. The molecular formula is C18H20ClF2N3O3. The van der Waals surface area contributed by atoms with Gasteiger partial charge in [0.2, 0.25) is 6.79 Å². The van der Waals surface area contributed by atoms with Gasteiger partial charge in [-0.25, -0.2) is 0 Å². The smallest absolute Gasteiger partial charge is 0.387 e. The average molecular weight is 400 g/mol. The van der Waals surface area contributed by atoms with Crippen molar-refractivity contribution in [2.45, 2.75) is 19.2 Å². The number of benzene rings is 1. The monoisotopic (exact) mass is 399 g/mol. The van der Waals surface area contributed by atoms with E-state index in [4.69, 9.17) is 14.2 Å². The van der Waals surface area contributed by atoms with Crippen LogP contribution in [0.3, 0.4) is 0 Å². The van der Waals surface area contributed by atoms with Gasteiger partial charge in [0, 0.05) is 56.2 Å². The Morgan fingerprint density at radius 1 is 1.22 bits per heavy atom. The third kappa shape index (κ3) is 4.40. The first-order valence-corrected chi connectivity index (χ1v) is 8.43. The minimum atomic E-state index is -2.90. The van der Waals surface area contributed by atoms with Gasteiger partial charge in [0.05, 0.1) is 0 Å². The Balaban J connectivity index is 0.00000210. The van der Waals surface area contributed by atoms with Crippen LogP contribution >= 0.6 is 12.4 Å². The van der Waals surface area contributed by atoms with Crippen LogP contribution in [0.15, 0.2) is 36.7 Å². The summed E-state index contributed by atoms with van der Waals surface area (Å²) in [5.74, 6) is 1.10. The van der Waals surface area contributed by atoms with Crippen LogP contribution in [0.5, 0.6) is 17.2 Å². The summed E-state index contributed by atoms with van der Waals surface area (Å²) in [5.41, 5.74) is 1.78. The molecule has 0 radical (unpaired) electrons. The van der Waals surface area contributed by atoms with Crippen molar-refractivity contribution in [3.8, 4) is 17.2 Å². The summed E-state index contributed by atoms with van der Waals surface area (Å²) in [6, 6.07) is 7.28. The highest BCUT2D eigenvalue weighted by Crippen LogP contribution is 2.40. The van der Waals surface area contributed by atoms with Crippen LogP contribution in [0, 0.1) is 0 Å². The number of hydrogen-bond donors (Lipinski definition) is 1. The lowest BCUT2D eigenvalue weighted by atomic mass is 10.0. The van der Waals surface area contributed by atoms with Gasteiger partial charge in [-0.1, -0.05) is 0 Å². The van der Waals surface area contributed by atoms with Gasteiger partial charge in [0.1, 0.15) is 5.75 Å². The van der Waals surface area contributed by atoms with E-state index in [1.807, 2.05) is 12.1 Å². The van der Waals surface area contributed by atoms with E-state index in [1.54, 1.807) is 18.5 Å². The first kappa shape index (κ1) is 19.6. The van der Waals surface area contributed by atoms with Gasteiger partial charge in [-0.3, -0.25) is 9.88 Å². The number of nitrogens with zero attached hydrogens (tertiary/aromatic N) is 2. The number of pyridine rings is 1. The van der Waals surface area contributed by atoms with E-state index >= 15 is 0 Å². The predicted octanol–water partition coefficient (Wildman–Crippen LogP) is 2.98. The van der Waals surface area contributed by atoms with Crippen molar-refractivity contribution in [1.82, 2.24) is 15.2 Å². The van der Waals surface area contributed by atoms with E-state index in [2.05, 4.69) is 15.2 Å². The van der Waals surface area contributed by atoms with Crippen LogP contribution in [0.25, 0.3) is 0 Å². The second-order valence-corrected chi connectivity index (χ2v) is 6.16.